The van der Waals surface area contributed by atoms with Crippen LogP contribution in [0, 0.1) is 5.92 Å². The molecule has 0 spiro atoms. The molecule has 1 unspecified atom stereocenters. The van der Waals surface area contributed by atoms with Gasteiger partial charge in [0.1, 0.15) is 5.82 Å². The summed E-state index contributed by atoms with van der Waals surface area (Å²) in [6.45, 7) is 2.34. The van der Waals surface area contributed by atoms with E-state index < -0.39 is 0 Å². The Morgan fingerprint density at radius 1 is 1.30 bits per heavy atom. The topological polar surface area (TPSA) is 74.6 Å². The third-order valence-electron chi connectivity index (χ3n) is 4.85. The van der Waals surface area contributed by atoms with Crippen molar-refractivity contribution >= 4 is 17.5 Å². The maximum absolute atomic E-state index is 12.2. The van der Waals surface area contributed by atoms with Crippen LogP contribution in [0.15, 0.2) is 24.5 Å². The second kappa shape index (κ2) is 6.06. The summed E-state index contributed by atoms with van der Waals surface area (Å²) in [5.41, 5.74) is 0.832. The van der Waals surface area contributed by atoms with E-state index in [1.54, 1.807) is 10.7 Å². The van der Waals surface area contributed by atoms with Gasteiger partial charge in [-0.1, -0.05) is 6.42 Å². The van der Waals surface area contributed by atoms with Crippen molar-refractivity contribution in [3.8, 4) is 0 Å². The van der Waals surface area contributed by atoms with Crippen LogP contribution in [0.4, 0.5) is 10.6 Å². The molecule has 1 aliphatic carbocycles. The van der Waals surface area contributed by atoms with E-state index in [1.807, 2.05) is 23.2 Å². The molecule has 2 aliphatic rings. The molecule has 1 aliphatic heterocycles. The van der Waals surface area contributed by atoms with Crippen molar-refractivity contribution < 1.29 is 4.79 Å². The van der Waals surface area contributed by atoms with E-state index in [-0.39, 0.29) is 12.1 Å². The number of hydrogen-bond acceptors (Lipinski definition) is 4. The number of nitrogens with zero attached hydrogens (tertiary/aromatic N) is 4. The molecular formula is C16H22N6O. The number of rotatable bonds is 4. The molecule has 0 aromatic carbocycles. The van der Waals surface area contributed by atoms with Crippen molar-refractivity contribution in [1.29, 1.82) is 0 Å². The van der Waals surface area contributed by atoms with Gasteiger partial charge in [0, 0.05) is 38.1 Å². The summed E-state index contributed by atoms with van der Waals surface area (Å²) < 4.78 is 1.75. The summed E-state index contributed by atoms with van der Waals surface area (Å²) in [4.78, 5) is 18.3. The number of urea groups is 1. The van der Waals surface area contributed by atoms with Gasteiger partial charge >= 0.3 is 6.03 Å². The molecule has 3 heterocycles. The van der Waals surface area contributed by atoms with Gasteiger partial charge in [0.25, 0.3) is 0 Å². The maximum Gasteiger partial charge on any atom is 0.317 e. The minimum Gasteiger partial charge on any atom is -0.364 e. The van der Waals surface area contributed by atoms with Gasteiger partial charge in [-0.3, -0.25) is 0 Å². The van der Waals surface area contributed by atoms with E-state index in [0.29, 0.717) is 5.92 Å². The van der Waals surface area contributed by atoms with Crippen LogP contribution < -0.4 is 10.6 Å². The highest BCUT2D eigenvalue weighted by Gasteiger charge is 2.27. The fourth-order valence-electron chi connectivity index (χ4n) is 3.20. The highest BCUT2D eigenvalue weighted by Crippen LogP contribution is 2.25. The zero-order valence-electron chi connectivity index (χ0n) is 13.1. The monoisotopic (exact) mass is 314 g/mol. The number of nitrogens with one attached hydrogen (secondary N) is 2. The standard InChI is InChI=1S/C16H22N6O/c23-16(18-10-12-2-1-3-12)21-8-6-13(11-21)19-14-4-5-15-17-7-9-22(15)20-14/h4-5,7,9,12-13H,1-3,6,8,10-11H2,(H,18,23)(H,19,20). The van der Waals surface area contributed by atoms with E-state index in [9.17, 15) is 4.79 Å². The molecule has 23 heavy (non-hydrogen) atoms. The molecule has 1 saturated carbocycles. The molecule has 2 amide bonds. The lowest BCUT2D eigenvalue weighted by molar-refractivity contribution is 0.201. The molecule has 1 saturated heterocycles. The molecule has 0 radical (unpaired) electrons. The second-order valence-corrected chi connectivity index (χ2v) is 6.51. The van der Waals surface area contributed by atoms with Gasteiger partial charge in [-0.25, -0.2) is 14.3 Å². The largest absolute Gasteiger partial charge is 0.364 e. The van der Waals surface area contributed by atoms with Crippen LogP contribution >= 0.6 is 0 Å². The second-order valence-electron chi connectivity index (χ2n) is 6.51. The van der Waals surface area contributed by atoms with Crippen molar-refractivity contribution in [3.63, 3.8) is 0 Å². The average molecular weight is 314 g/mol. The normalized spacial score (nSPS) is 21.4. The summed E-state index contributed by atoms with van der Waals surface area (Å²) in [5, 5.41) is 10.9. The first-order valence-electron chi connectivity index (χ1n) is 8.37. The number of carbonyl (C=O) groups is 1. The first kappa shape index (κ1) is 14.3. The summed E-state index contributed by atoms with van der Waals surface area (Å²) >= 11 is 0. The van der Waals surface area contributed by atoms with Crippen molar-refractivity contribution in [2.24, 2.45) is 5.92 Å². The Kier molecular flexibility index (Phi) is 3.77. The maximum atomic E-state index is 12.2. The fraction of sp³-hybridized carbons (Fsp3) is 0.562. The summed E-state index contributed by atoms with van der Waals surface area (Å²) in [6.07, 6.45) is 8.33. The molecule has 7 nitrogen and oxygen atoms in total. The number of carbonyl (C=O) groups excluding carboxylic acids is 1. The summed E-state index contributed by atoms with van der Waals surface area (Å²) in [6, 6.07) is 4.19. The number of aromatic nitrogens is 3. The van der Waals surface area contributed by atoms with Gasteiger partial charge in [0.15, 0.2) is 5.65 Å². The lowest BCUT2D eigenvalue weighted by Crippen LogP contribution is -2.42. The van der Waals surface area contributed by atoms with Gasteiger partial charge in [-0.15, -0.1) is 5.10 Å². The molecule has 0 bridgehead atoms. The number of hydrogen-bond donors (Lipinski definition) is 2. The predicted octanol–water partition coefficient (Wildman–Crippen LogP) is 1.73. The Balaban J connectivity index is 1.29. The Labute approximate surface area is 135 Å². The Morgan fingerprint density at radius 3 is 3.04 bits per heavy atom. The predicted molar refractivity (Wildman–Crippen MR) is 87.3 cm³/mol. The molecule has 2 fully saturated rings. The van der Waals surface area contributed by atoms with Crippen LogP contribution in [0.25, 0.3) is 5.65 Å². The molecule has 2 aromatic heterocycles. The van der Waals surface area contributed by atoms with Crippen LogP contribution in [-0.4, -0.2) is 51.2 Å². The zero-order valence-corrected chi connectivity index (χ0v) is 13.1. The summed E-state index contributed by atoms with van der Waals surface area (Å²) in [7, 11) is 0. The number of imidazole rings is 1. The van der Waals surface area contributed by atoms with Gasteiger partial charge in [-0.2, -0.15) is 0 Å². The van der Waals surface area contributed by atoms with E-state index >= 15 is 0 Å². The molecular weight excluding hydrogens is 292 g/mol. The number of amides is 2. The quantitative estimate of drug-likeness (QED) is 0.901. The number of fused-ring (bicyclic) bond motifs is 1. The van der Waals surface area contributed by atoms with Crippen molar-refractivity contribution in [3.05, 3.63) is 24.5 Å². The first-order chi connectivity index (χ1) is 11.3. The van der Waals surface area contributed by atoms with E-state index in [4.69, 9.17) is 0 Å². The minimum absolute atomic E-state index is 0.0687. The lowest BCUT2D eigenvalue weighted by atomic mass is 9.85. The van der Waals surface area contributed by atoms with Crippen LogP contribution in [0.3, 0.4) is 0 Å². The van der Waals surface area contributed by atoms with Crippen molar-refractivity contribution in [2.75, 3.05) is 25.0 Å². The highest BCUT2D eigenvalue weighted by atomic mass is 16.2. The van der Waals surface area contributed by atoms with Gasteiger partial charge in [-0.05, 0) is 37.3 Å². The molecule has 1 atom stereocenters. The lowest BCUT2D eigenvalue weighted by Gasteiger charge is -2.26. The molecule has 4 rings (SSSR count). The minimum atomic E-state index is 0.0687. The smallest absolute Gasteiger partial charge is 0.317 e. The van der Waals surface area contributed by atoms with Crippen LogP contribution in [0.5, 0.6) is 0 Å². The molecule has 2 aromatic rings. The first-order valence-corrected chi connectivity index (χ1v) is 8.37. The van der Waals surface area contributed by atoms with Gasteiger partial charge in [0.05, 0.1) is 0 Å². The highest BCUT2D eigenvalue weighted by molar-refractivity contribution is 5.74. The SMILES string of the molecule is O=C(NCC1CCC1)N1CCC(Nc2ccc3nccn3n2)C1. The van der Waals surface area contributed by atoms with E-state index in [0.717, 1.165) is 37.5 Å². The van der Waals surface area contributed by atoms with E-state index in [2.05, 4.69) is 20.7 Å². The average Bonchev–Trinajstić information content (AvgIpc) is 3.14. The zero-order chi connectivity index (χ0) is 15.6. The van der Waals surface area contributed by atoms with Gasteiger partial charge < -0.3 is 15.5 Å². The molecule has 7 heteroatoms. The van der Waals surface area contributed by atoms with Crippen LogP contribution in [-0.2, 0) is 0 Å². The molecule has 2 N–H and O–H groups in total. The van der Waals surface area contributed by atoms with Crippen molar-refractivity contribution in [1.82, 2.24) is 24.8 Å². The Bertz CT molecular complexity index is 695. The van der Waals surface area contributed by atoms with Crippen LogP contribution in [0.1, 0.15) is 25.7 Å². The third kappa shape index (κ3) is 3.09. The fourth-order valence-corrected chi connectivity index (χ4v) is 3.20. The number of likely N-dealkylation sites (tertiary alicyclic amines) is 1. The Hall–Kier alpha value is -2.31. The van der Waals surface area contributed by atoms with E-state index in [1.165, 1.54) is 19.3 Å². The summed E-state index contributed by atoms with van der Waals surface area (Å²) in [5.74, 6) is 1.51. The van der Waals surface area contributed by atoms with Crippen molar-refractivity contribution in [2.45, 2.75) is 31.7 Å². The Morgan fingerprint density at radius 2 is 2.22 bits per heavy atom. The van der Waals surface area contributed by atoms with Gasteiger partial charge in [0.2, 0.25) is 0 Å². The van der Waals surface area contributed by atoms with Crippen LogP contribution in [0.2, 0.25) is 0 Å². The third-order valence-corrected chi connectivity index (χ3v) is 4.85. The molecule has 122 valence electrons. The number of anilines is 1.